The van der Waals surface area contributed by atoms with E-state index in [1.54, 1.807) is 6.33 Å². The molecule has 2 aromatic heterocycles. The van der Waals surface area contributed by atoms with Crippen molar-refractivity contribution in [3.8, 4) is 0 Å². The number of anilines is 1. The Bertz CT molecular complexity index is 601. The topological polar surface area (TPSA) is 68.5 Å². The summed E-state index contributed by atoms with van der Waals surface area (Å²) in [7, 11) is 1.92. The van der Waals surface area contributed by atoms with Gasteiger partial charge in [0.1, 0.15) is 22.6 Å². The summed E-state index contributed by atoms with van der Waals surface area (Å²) < 4.78 is 2.66. The average molecular weight is 339 g/mol. The van der Waals surface area contributed by atoms with Crippen LogP contribution in [0.15, 0.2) is 17.0 Å². The second-order valence-electron chi connectivity index (χ2n) is 5.82. The molecule has 20 heavy (non-hydrogen) atoms. The lowest BCUT2D eigenvalue weighted by Gasteiger charge is -2.19. The van der Waals surface area contributed by atoms with E-state index in [1.165, 1.54) is 0 Å². The van der Waals surface area contributed by atoms with Crippen molar-refractivity contribution in [3.63, 3.8) is 0 Å². The van der Waals surface area contributed by atoms with Crippen LogP contribution >= 0.6 is 15.9 Å². The smallest absolute Gasteiger partial charge is 0.154 e. The second kappa shape index (κ2) is 5.47. The van der Waals surface area contributed by atoms with Crippen LogP contribution in [0, 0.1) is 0 Å². The van der Waals surface area contributed by atoms with E-state index in [-0.39, 0.29) is 11.5 Å². The molecule has 0 amide bonds. The number of nitrogens with one attached hydrogen (secondary N) is 1. The molecule has 0 aliphatic carbocycles. The highest BCUT2D eigenvalue weighted by Crippen LogP contribution is 2.24. The minimum Gasteiger partial charge on any atom is -0.360 e. The van der Waals surface area contributed by atoms with Crippen molar-refractivity contribution in [2.45, 2.75) is 39.2 Å². The number of nitrogens with zero attached hydrogens (tertiary/aromatic N) is 5. The van der Waals surface area contributed by atoms with Gasteiger partial charge in [-0.1, -0.05) is 20.8 Å². The molecule has 0 fully saturated rings. The van der Waals surface area contributed by atoms with Gasteiger partial charge >= 0.3 is 0 Å². The van der Waals surface area contributed by atoms with Crippen LogP contribution in [0.1, 0.15) is 45.4 Å². The first-order chi connectivity index (χ1) is 9.27. The number of halogens is 1. The normalized spacial score (nSPS) is 13.3. The number of aryl methyl sites for hydroxylation is 1. The van der Waals surface area contributed by atoms with Crippen molar-refractivity contribution in [2.24, 2.45) is 7.05 Å². The molecule has 0 aliphatic rings. The zero-order chi connectivity index (χ0) is 14.9. The molecule has 6 nitrogen and oxygen atoms in total. The standard InChI is InChI=1S/C13H19BrN6/c1-8(11-19-15-7-20(11)5)16-10-6-9(14)17-12(18-10)13(2,3)4/h6-8H,1-5H3,(H,16,17,18). The van der Waals surface area contributed by atoms with Gasteiger partial charge in [-0.15, -0.1) is 10.2 Å². The number of rotatable bonds is 3. The Labute approximate surface area is 127 Å². The fourth-order valence-electron chi connectivity index (χ4n) is 1.80. The Balaban J connectivity index is 2.26. The first-order valence-electron chi connectivity index (χ1n) is 6.43. The van der Waals surface area contributed by atoms with Crippen molar-refractivity contribution in [2.75, 3.05) is 5.32 Å². The quantitative estimate of drug-likeness (QED) is 0.871. The first-order valence-corrected chi connectivity index (χ1v) is 7.22. The molecule has 0 aromatic carbocycles. The van der Waals surface area contributed by atoms with Gasteiger partial charge in [0.2, 0.25) is 0 Å². The van der Waals surface area contributed by atoms with E-state index in [0.29, 0.717) is 0 Å². The average Bonchev–Trinajstić information content (AvgIpc) is 2.73. The molecule has 1 unspecified atom stereocenters. The highest BCUT2D eigenvalue weighted by molar-refractivity contribution is 9.10. The molecule has 0 saturated carbocycles. The van der Waals surface area contributed by atoms with E-state index >= 15 is 0 Å². The van der Waals surface area contributed by atoms with Crippen LogP contribution in [0.4, 0.5) is 5.82 Å². The van der Waals surface area contributed by atoms with E-state index in [4.69, 9.17) is 0 Å². The minimum atomic E-state index is -0.103. The van der Waals surface area contributed by atoms with Gasteiger partial charge in [0.05, 0.1) is 6.04 Å². The zero-order valence-electron chi connectivity index (χ0n) is 12.3. The van der Waals surface area contributed by atoms with Crippen molar-refractivity contribution in [3.05, 3.63) is 28.6 Å². The SMILES string of the molecule is CC(Nc1cc(Br)nc(C(C)(C)C)n1)c1nncn1C. The third-order valence-electron chi connectivity index (χ3n) is 2.86. The van der Waals surface area contributed by atoms with Crippen molar-refractivity contribution in [1.29, 1.82) is 0 Å². The third-order valence-corrected chi connectivity index (χ3v) is 3.27. The van der Waals surface area contributed by atoms with Gasteiger partial charge in [-0.3, -0.25) is 0 Å². The lowest BCUT2D eigenvalue weighted by atomic mass is 9.96. The number of hydrogen-bond acceptors (Lipinski definition) is 5. The summed E-state index contributed by atoms with van der Waals surface area (Å²) in [6.45, 7) is 8.29. The van der Waals surface area contributed by atoms with Gasteiger partial charge in [-0.2, -0.15) is 0 Å². The van der Waals surface area contributed by atoms with Gasteiger partial charge in [0.25, 0.3) is 0 Å². The Morgan fingerprint density at radius 3 is 2.55 bits per heavy atom. The summed E-state index contributed by atoms with van der Waals surface area (Å²) in [6, 6.07) is 1.87. The molecule has 2 aromatic rings. The maximum absolute atomic E-state index is 4.57. The van der Waals surface area contributed by atoms with Crippen LogP contribution in [-0.2, 0) is 12.5 Å². The van der Waals surface area contributed by atoms with Gasteiger partial charge in [0.15, 0.2) is 5.82 Å². The van der Waals surface area contributed by atoms with Gasteiger partial charge in [0, 0.05) is 18.5 Å². The molecular formula is C13H19BrN6. The number of hydrogen-bond donors (Lipinski definition) is 1. The van der Waals surface area contributed by atoms with E-state index in [1.807, 2.05) is 24.6 Å². The lowest BCUT2D eigenvalue weighted by molar-refractivity contribution is 0.543. The minimum absolute atomic E-state index is 0.0112. The fourth-order valence-corrected chi connectivity index (χ4v) is 2.18. The molecule has 1 N–H and O–H groups in total. The van der Waals surface area contributed by atoms with Crippen molar-refractivity contribution >= 4 is 21.7 Å². The van der Waals surface area contributed by atoms with Gasteiger partial charge < -0.3 is 9.88 Å². The molecule has 0 spiro atoms. The Morgan fingerprint density at radius 1 is 1.30 bits per heavy atom. The maximum atomic E-state index is 4.57. The van der Waals surface area contributed by atoms with Crippen molar-refractivity contribution < 1.29 is 0 Å². The van der Waals surface area contributed by atoms with Crippen LogP contribution in [0.2, 0.25) is 0 Å². The summed E-state index contributed by atoms with van der Waals surface area (Å²) in [5.41, 5.74) is -0.103. The van der Waals surface area contributed by atoms with Crippen LogP contribution < -0.4 is 5.32 Å². The summed E-state index contributed by atoms with van der Waals surface area (Å²) >= 11 is 3.43. The molecule has 2 heterocycles. The molecule has 0 bridgehead atoms. The molecule has 0 radical (unpaired) electrons. The predicted octanol–water partition coefficient (Wildman–Crippen LogP) is 2.84. The number of aromatic nitrogens is 5. The third kappa shape index (κ3) is 3.33. The predicted molar refractivity (Wildman–Crippen MR) is 81.5 cm³/mol. The second-order valence-corrected chi connectivity index (χ2v) is 6.63. The molecule has 7 heteroatoms. The Kier molecular flexibility index (Phi) is 4.08. The van der Waals surface area contributed by atoms with E-state index in [9.17, 15) is 0 Å². The van der Waals surface area contributed by atoms with Crippen LogP contribution in [0.25, 0.3) is 0 Å². The molecular weight excluding hydrogens is 320 g/mol. The molecule has 2 rings (SSSR count). The summed E-state index contributed by atoms with van der Waals surface area (Å²) in [5, 5.41) is 11.3. The van der Waals surface area contributed by atoms with E-state index in [0.717, 1.165) is 22.1 Å². The van der Waals surface area contributed by atoms with Crippen LogP contribution in [0.3, 0.4) is 0 Å². The monoisotopic (exact) mass is 338 g/mol. The maximum Gasteiger partial charge on any atom is 0.154 e. The van der Waals surface area contributed by atoms with Crippen LogP contribution in [0.5, 0.6) is 0 Å². The van der Waals surface area contributed by atoms with E-state index < -0.39 is 0 Å². The largest absolute Gasteiger partial charge is 0.360 e. The van der Waals surface area contributed by atoms with Crippen molar-refractivity contribution in [1.82, 2.24) is 24.7 Å². The Morgan fingerprint density at radius 2 is 2.00 bits per heavy atom. The summed E-state index contributed by atoms with van der Waals surface area (Å²) in [4.78, 5) is 9.00. The highest BCUT2D eigenvalue weighted by Gasteiger charge is 2.20. The lowest BCUT2D eigenvalue weighted by Crippen LogP contribution is -2.19. The summed E-state index contributed by atoms with van der Waals surface area (Å²) in [6.07, 6.45) is 1.68. The molecule has 0 saturated heterocycles. The zero-order valence-corrected chi connectivity index (χ0v) is 13.9. The van der Waals surface area contributed by atoms with Gasteiger partial charge in [-0.05, 0) is 22.9 Å². The molecule has 1 atom stereocenters. The van der Waals surface area contributed by atoms with E-state index in [2.05, 4.69) is 62.2 Å². The van der Waals surface area contributed by atoms with Gasteiger partial charge in [-0.25, -0.2) is 9.97 Å². The fraction of sp³-hybridized carbons (Fsp3) is 0.538. The Hall–Kier alpha value is -1.50. The summed E-state index contributed by atoms with van der Waals surface area (Å²) in [5.74, 6) is 2.42. The molecule has 108 valence electrons. The van der Waals surface area contributed by atoms with Crippen LogP contribution in [-0.4, -0.2) is 24.7 Å². The highest BCUT2D eigenvalue weighted by atomic mass is 79.9. The first kappa shape index (κ1) is 14.9. The molecule has 0 aliphatic heterocycles.